The molecule has 2 atom stereocenters. The van der Waals surface area contributed by atoms with Crippen LogP contribution in [-0.4, -0.2) is 17.6 Å². The van der Waals surface area contributed by atoms with Crippen molar-refractivity contribution >= 4 is 16.7 Å². The smallest absolute Gasteiger partial charge is 0.228 e. The third-order valence-electron chi connectivity index (χ3n) is 4.86. The summed E-state index contributed by atoms with van der Waals surface area (Å²) in [6, 6.07) is 24.2. The van der Waals surface area contributed by atoms with Crippen molar-refractivity contribution in [3.63, 3.8) is 0 Å². The fourth-order valence-electron chi connectivity index (χ4n) is 3.39. The molecule has 0 bridgehead atoms. The minimum absolute atomic E-state index is 0.110. The van der Waals surface area contributed by atoms with Gasteiger partial charge in [0.05, 0.1) is 5.92 Å². The van der Waals surface area contributed by atoms with Crippen LogP contribution in [0.4, 0.5) is 0 Å². The highest BCUT2D eigenvalue weighted by molar-refractivity contribution is 5.88. The number of amides is 1. The summed E-state index contributed by atoms with van der Waals surface area (Å²) in [5.41, 5.74) is 7.78. The van der Waals surface area contributed by atoms with Gasteiger partial charge in [0, 0.05) is 6.61 Å². The van der Waals surface area contributed by atoms with Crippen LogP contribution in [0, 0.1) is 5.92 Å². The maximum Gasteiger partial charge on any atom is 0.228 e. The van der Waals surface area contributed by atoms with Crippen molar-refractivity contribution in [2.45, 2.75) is 18.8 Å². The van der Waals surface area contributed by atoms with Gasteiger partial charge in [0.25, 0.3) is 0 Å². The van der Waals surface area contributed by atoms with Gasteiger partial charge in [-0.05, 0) is 40.7 Å². The lowest BCUT2D eigenvalue weighted by molar-refractivity contribution is -0.118. The number of hydrogen-bond acceptors (Lipinski definition) is 2. The first-order valence-electron chi connectivity index (χ1n) is 9.28. The number of benzene rings is 3. The van der Waals surface area contributed by atoms with Crippen molar-refractivity contribution in [1.82, 2.24) is 0 Å². The van der Waals surface area contributed by atoms with E-state index in [4.69, 9.17) is 5.73 Å². The number of carbonyl (C=O) groups is 1. The first-order valence-corrected chi connectivity index (χ1v) is 9.28. The van der Waals surface area contributed by atoms with E-state index in [2.05, 4.69) is 12.1 Å². The molecule has 0 fully saturated rings. The number of fused-ring (bicyclic) bond motifs is 1. The molecular formula is C24H25NO2. The first kappa shape index (κ1) is 18.9. The zero-order valence-electron chi connectivity index (χ0n) is 15.3. The van der Waals surface area contributed by atoms with E-state index in [9.17, 15) is 9.90 Å². The largest absolute Gasteiger partial charge is 0.396 e. The Bertz CT molecular complexity index is 918. The van der Waals surface area contributed by atoms with Gasteiger partial charge >= 0.3 is 0 Å². The maximum atomic E-state index is 12.1. The molecule has 3 N–H and O–H groups in total. The second-order valence-electron chi connectivity index (χ2n) is 6.83. The summed E-state index contributed by atoms with van der Waals surface area (Å²) < 4.78 is 0. The van der Waals surface area contributed by atoms with E-state index in [1.807, 2.05) is 72.8 Å². The number of aliphatic hydroxyl groups excluding tert-OH is 1. The predicted octanol–water partition coefficient (Wildman–Crippen LogP) is 4.21. The van der Waals surface area contributed by atoms with E-state index in [0.717, 1.165) is 22.8 Å². The zero-order chi connectivity index (χ0) is 19.1. The molecule has 0 radical (unpaired) electrons. The van der Waals surface area contributed by atoms with Gasteiger partial charge in [0.15, 0.2) is 0 Å². The molecule has 3 heteroatoms. The number of primary amides is 1. The fraction of sp³-hybridized carbons (Fsp3) is 0.208. The normalized spacial score (nSPS) is 13.7. The molecular weight excluding hydrogens is 334 g/mol. The zero-order valence-corrected chi connectivity index (χ0v) is 15.3. The highest BCUT2D eigenvalue weighted by atomic mass is 16.3. The lowest BCUT2D eigenvalue weighted by atomic mass is 9.91. The average molecular weight is 359 g/mol. The van der Waals surface area contributed by atoms with Gasteiger partial charge in [0.2, 0.25) is 5.91 Å². The molecule has 3 aromatic carbocycles. The van der Waals surface area contributed by atoms with Gasteiger partial charge < -0.3 is 10.8 Å². The van der Waals surface area contributed by atoms with Crippen LogP contribution in [0.1, 0.15) is 23.5 Å². The molecule has 138 valence electrons. The minimum Gasteiger partial charge on any atom is -0.396 e. The summed E-state index contributed by atoms with van der Waals surface area (Å²) in [6.45, 7) is 0.110. The molecule has 0 aliphatic carbocycles. The Morgan fingerprint density at radius 3 is 2.33 bits per heavy atom. The minimum atomic E-state index is -0.480. The number of carbonyl (C=O) groups excluding carboxylic acids is 1. The Hall–Kier alpha value is -2.91. The summed E-state index contributed by atoms with van der Waals surface area (Å²) in [6.07, 6.45) is 5.37. The van der Waals surface area contributed by atoms with Crippen molar-refractivity contribution in [3.05, 3.63) is 96.1 Å². The first-order chi connectivity index (χ1) is 13.2. The molecule has 0 heterocycles. The van der Waals surface area contributed by atoms with Crippen LogP contribution in [0.2, 0.25) is 0 Å². The van der Waals surface area contributed by atoms with Crippen LogP contribution in [0.5, 0.6) is 0 Å². The van der Waals surface area contributed by atoms with Gasteiger partial charge in [0.1, 0.15) is 0 Å². The molecule has 0 aliphatic rings. The van der Waals surface area contributed by atoms with Crippen LogP contribution in [-0.2, 0) is 11.2 Å². The van der Waals surface area contributed by atoms with Crippen molar-refractivity contribution in [3.8, 4) is 0 Å². The fourth-order valence-corrected chi connectivity index (χ4v) is 3.39. The molecule has 0 spiro atoms. The highest BCUT2D eigenvalue weighted by Gasteiger charge is 2.16. The molecule has 0 aromatic heterocycles. The SMILES string of the molecule is NC(=O)C(/C=C/C(CCO)Cc1ccccc1)c1ccc2ccccc2c1. The number of rotatable bonds is 8. The Labute approximate surface area is 160 Å². The lowest BCUT2D eigenvalue weighted by Crippen LogP contribution is -2.20. The quantitative estimate of drug-likeness (QED) is 0.592. The Morgan fingerprint density at radius 1 is 0.926 bits per heavy atom. The van der Waals surface area contributed by atoms with Gasteiger partial charge in [-0.25, -0.2) is 0 Å². The van der Waals surface area contributed by atoms with E-state index < -0.39 is 5.92 Å². The van der Waals surface area contributed by atoms with Crippen molar-refractivity contribution in [2.75, 3.05) is 6.61 Å². The molecule has 3 aromatic rings. The highest BCUT2D eigenvalue weighted by Crippen LogP contribution is 2.24. The molecule has 0 aliphatic heterocycles. The van der Waals surface area contributed by atoms with Crippen LogP contribution in [0.15, 0.2) is 84.9 Å². The number of aliphatic hydroxyl groups is 1. The summed E-state index contributed by atoms with van der Waals surface area (Å²) in [5.74, 6) is -0.699. The van der Waals surface area contributed by atoms with Crippen molar-refractivity contribution in [2.24, 2.45) is 11.7 Å². The Balaban J connectivity index is 1.83. The van der Waals surface area contributed by atoms with E-state index in [0.29, 0.717) is 6.42 Å². The molecule has 27 heavy (non-hydrogen) atoms. The monoisotopic (exact) mass is 359 g/mol. The molecule has 1 amide bonds. The van der Waals surface area contributed by atoms with Crippen molar-refractivity contribution in [1.29, 1.82) is 0 Å². The number of hydrogen-bond donors (Lipinski definition) is 2. The van der Waals surface area contributed by atoms with Crippen LogP contribution in [0.3, 0.4) is 0 Å². The average Bonchev–Trinajstić information content (AvgIpc) is 2.68. The van der Waals surface area contributed by atoms with Gasteiger partial charge in [-0.3, -0.25) is 4.79 Å². The van der Waals surface area contributed by atoms with Crippen molar-refractivity contribution < 1.29 is 9.90 Å². The second kappa shape index (κ2) is 9.15. The third-order valence-corrected chi connectivity index (χ3v) is 4.86. The number of nitrogens with two attached hydrogens (primary N) is 1. The van der Waals surface area contributed by atoms with E-state index in [-0.39, 0.29) is 18.4 Å². The summed E-state index contributed by atoms with van der Waals surface area (Å²) in [5, 5.41) is 11.6. The lowest BCUT2D eigenvalue weighted by Gasteiger charge is -2.14. The molecule has 3 nitrogen and oxygen atoms in total. The van der Waals surface area contributed by atoms with Crippen LogP contribution < -0.4 is 5.73 Å². The molecule has 3 rings (SSSR count). The van der Waals surface area contributed by atoms with Gasteiger partial charge in [-0.1, -0.05) is 84.9 Å². The third kappa shape index (κ3) is 5.05. The second-order valence-corrected chi connectivity index (χ2v) is 6.83. The molecule has 0 saturated carbocycles. The van der Waals surface area contributed by atoms with Gasteiger partial charge in [-0.2, -0.15) is 0 Å². The maximum absolute atomic E-state index is 12.1. The van der Waals surface area contributed by atoms with Crippen LogP contribution in [0.25, 0.3) is 10.8 Å². The predicted molar refractivity (Wildman–Crippen MR) is 110 cm³/mol. The molecule has 0 saturated heterocycles. The summed E-state index contributed by atoms with van der Waals surface area (Å²) in [4.78, 5) is 12.1. The van der Waals surface area contributed by atoms with Crippen LogP contribution >= 0.6 is 0 Å². The Kier molecular flexibility index (Phi) is 6.39. The standard InChI is InChI=1S/C24H25NO2/c25-24(27)23(22-12-11-20-8-4-5-9-21(20)17-22)13-10-19(14-15-26)16-18-6-2-1-3-7-18/h1-13,17,19,23,26H,14-16H2,(H2,25,27)/b13-10+. The molecule has 2 unspecified atom stereocenters. The van der Waals surface area contributed by atoms with Gasteiger partial charge in [-0.15, -0.1) is 0 Å². The topological polar surface area (TPSA) is 63.3 Å². The van der Waals surface area contributed by atoms with E-state index in [1.165, 1.54) is 5.56 Å². The van der Waals surface area contributed by atoms with E-state index in [1.54, 1.807) is 0 Å². The summed E-state index contributed by atoms with van der Waals surface area (Å²) >= 11 is 0. The Morgan fingerprint density at radius 2 is 1.63 bits per heavy atom. The van der Waals surface area contributed by atoms with E-state index >= 15 is 0 Å². The summed E-state index contributed by atoms with van der Waals surface area (Å²) in [7, 11) is 0. The number of allylic oxidation sites excluding steroid dienone is 1.